The summed E-state index contributed by atoms with van der Waals surface area (Å²) in [6.45, 7) is 0.0684. The van der Waals surface area contributed by atoms with E-state index in [0.29, 0.717) is 11.1 Å². The van der Waals surface area contributed by atoms with Crippen molar-refractivity contribution >= 4 is 21.7 Å². The average molecular weight is 364 g/mol. The van der Waals surface area contributed by atoms with Crippen LogP contribution >= 0.6 is 0 Å². The molecule has 1 atom stereocenters. The number of rotatable bonds is 5. The predicted molar refractivity (Wildman–Crippen MR) is 101 cm³/mol. The standard InChI is InChI=1S/C21H17FN2O3/c22-16-6-8-19-20(10-16)23-13-24(21(19)26)11-17(25)12-27-18-7-5-14-3-1-2-4-15(14)9-18/h1-10,13,17,25H,11-12H2/t17-/m1/s1. The van der Waals surface area contributed by atoms with Crippen LogP contribution in [-0.2, 0) is 6.54 Å². The van der Waals surface area contributed by atoms with Crippen LogP contribution in [0.15, 0.2) is 71.8 Å². The van der Waals surface area contributed by atoms with Gasteiger partial charge in [-0.15, -0.1) is 0 Å². The lowest BCUT2D eigenvalue weighted by Crippen LogP contribution is -2.30. The van der Waals surface area contributed by atoms with Crippen LogP contribution in [0.3, 0.4) is 0 Å². The number of aliphatic hydroxyl groups is 1. The molecule has 5 nitrogen and oxygen atoms in total. The first kappa shape index (κ1) is 17.2. The van der Waals surface area contributed by atoms with Gasteiger partial charge in [-0.25, -0.2) is 9.37 Å². The number of nitrogens with zero attached hydrogens (tertiary/aromatic N) is 2. The van der Waals surface area contributed by atoms with Crippen LogP contribution in [0.5, 0.6) is 5.75 Å². The maximum Gasteiger partial charge on any atom is 0.261 e. The highest BCUT2D eigenvalue weighted by Gasteiger charge is 2.11. The van der Waals surface area contributed by atoms with Crippen LogP contribution < -0.4 is 10.3 Å². The molecule has 0 aliphatic rings. The van der Waals surface area contributed by atoms with E-state index < -0.39 is 11.9 Å². The Kier molecular flexibility index (Phi) is 4.56. The first-order valence-electron chi connectivity index (χ1n) is 8.54. The number of hydrogen-bond donors (Lipinski definition) is 1. The second-order valence-electron chi connectivity index (χ2n) is 6.34. The Hall–Kier alpha value is -3.25. The number of aliphatic hydroxyl groups excluding tert-OH is 1. The number of benzene rings is 3. The highest BCUT2D eigenvalue weighted by molar-refractivity contribution is 5.83. The molecular weight excluding hydrogens is 347 g/mol. The lowest BCUT2D eigenvalue weighted by molar-refractivity contribution is 0.0915. The molecule has 27 heavy (non-hydrogen) atoms. The minimum absolute atomic E-state index is 0.0340. The van der Waals surface area contributed by atoms with E-state index >= 15 is 0 Å². The lowest BCUT2D eigenvalue weighted by Gasteiger charge is -2.14. The van der Waals surface area contributed by atoms with Crippen LogP contribution in [0.2, 0.25) is 0 Å². The fraction of sp³-hybridized carbons (Fsp3) is 0.143. The molecule has 1 heterocycles. The number of fused-ring (bicyclic) bond motifs is 2. The molecule has 1 N–H and O–H groups in total. The zero-order valence-corrected chi connectivity index (χ0v) is 14.4. The van der Waals surface area contributed by atoms with Gasteiger partial charge in [0.25, 0.3) is 5.56 Å². The van der Waals surface area contributed by atoms with E-state index in [-0.39, 0.29) is 24.2 Å². The van der Waals surface area contributed by atoms with Gasteiger partial charge in [-0.05, 0) is 35.0 Å². The van der Waals surface area contributed by atoms with Crippen molar-refractivity contribution in [1.82, 2.24) is 9.55 Å². The van der Waals surface area contributed by atoms with Gasteiger partial charge < -0.3 is 9.84 Å². The summed E-state index contributed by atoms with van der Waals surface area (Å²) >= 11 is 0. The third-order valence-electron chi connectivity index (χ3n) is 4.36. The number of hydrogen-bond acceptors (Lipinski definition) is 4. The SMILES string of the molecule is O=c1c2ccc(F)cc2ncn1C[C@@H](O)COc1ccc2ccccc2c1. The van der Waals surface area contributed by atoms with E-state index in [1.165, 1.54) is 29.1 Å². The number of ether oxygens (including phenoxy) is 1. The number of halogens is 1. The third-order valence-corrected chi connectivity index (χ3v) is 4.36. The van der Waals surface area contributed by atoms with E-state index in [1.54, 1.807) is 0 Å². The minimum Gasteiger partial charge on any atom is -0.491 e. The van der Waals surface area contributed by atoms with Gasteiger partial charge in [-0.3, -0.25) is 9.36 Å². The molecule has 0 bridgehead atoms. The van der Waals surface area contributed by atoms with Crippen molar-refractivity contribution in [3.05, 3.63) is 83.2 Å². The molecule has 3 aromatic carbocycles. The first-order chi connectivity index (χ1) is 13.1. The molecular formula is C21H17FN2O3. The van der Waals surface area contributed by atoms with Crippen molar-refractivity contribution in [2.24, 2.45) is 0 Å². The van der Waals surface area contributed by atoms with Crippen molar-refractivity contribution < 1.29 is 14.2 Å². The van der Waals surface area contributed by atoms with E-state index in [9.17, 15) is 14.3 Å². The summed E-state index contributed by atoms with van der Waals surface area (Å²) in [5.41, 5.74) is -0.0390. The number of aromatic nitrogens is 2. The van der Waals surface area contributed by atoms with Crippen LogP contribution in [-0.4, -0.2) is 27.4 Å². The summed E-state index contributed by atoms with van der Waals surface area (Å²) in [5.74, 6) is 0.197. The van der Waals surface area contributed by atoms with Crippen molar-refractivity contribution in [3.8, 4) is 5.75 Å². The Morgan fingerprint density at radius 1 is 1.07 bits per heavy atom. The lowest BCUT2D eigenvalue weighted by atomic mass is 10.1. The molecule has 4 aromatic rings. The molecule has 0 spiro atoms. The topological polar surface area (TPSA) is 64.4 Å². The monoisotopic (exact) mass is 364 g/mol. The second kappa shape index (κ2) is 7.17. The summed E-state index contributed by atoms with van der Waals surface area (Å²) in [7, 11) is 0. The smallest absolute Gasteiger partial charge is 0.261 e. The van der Waals surface area contributed by atoms with E-state index in [0.717, 1.165) is 10.8 Å². The molecule has 0 aliphatic carbocycles. The van der Waals surface area contributed by atoms with Crippen LogP contribution in [0.4, 0.5) is 4.39 Å². The summed E-state index contributed by atoms with van der Waals surface area (Å²) in [6, 6.07) is 17.4. The van der Waals surface area contributed by atoms with Gasteiger partial charge >= 0.3 is 0 Å². The molecule has 0 radical (unpaired) electrons. The zero-order chi connectivity index (χ0) is 18.8. The molecule has 1 aromatic heterocycles. The normalized spacial score (nSPS) is 12.4. The highest BCUT2D eigenvalue weighted by atomic mass is 19.1. The molecule has 0 saturated carbocycles. The molecule has 0 fully saturated rings. The predicted octanol–water partition coefficient (Wildman–Crippen LogP) is 3.13. The third kappa shape index (κ3) is 3.66. The minimum atomic E-state index is -0.895. The second-order valence-corrected chi connectivity index (χ2v) is 6.34. The van der Waals surface area contributed by atoms with Crippen LogP contribution in [0.1, 0.15) is 0 Å². The van der Waals surface area contributed by atoms with Crippen molar-refractivity contribution in [1.29, 1.82) is 0 Å². The van der Waals surface area contributed by atoms with Crippen LogP contribution in [0, 0.1) is 5.82 Å². The Balaban J connectivity index is 1.46. The summed E-state index contributed by atoms with van der Waals surface area (Å²) in [6.07, 6.45) is 0.414. The largest absolute Gasteiger partial charge is 0.491 e. The molecule has 6 heteroatoms. The molecule has 0 amide bonds. The fourth-order valence-electron chi connectivity index (χ4n) is 2.99. The van der Waals surface area contributed by atoms with E-state index in [2.05, 4.69) is 4.98 Å². The van der Waals surface area contributed by atoms with E-state index in [4.69, 9.17) is 4.74 Å². The maximum absolute atomic E-state index is 13.2. The van der Waals surface area contributed by atoms with Crippen molar-refractivity contribution in [3.63, 3.8) is 0 Å². The van der Waals surface area contributed by atoms with Gasteiger partial charge in [0.05, 0.1) is 23.8 Å². The Bertz CT molecular complexity index is 1170. The summed E-state index contributed by atoms with van der Waals surface area (Å²) in [5, 5.41) is 12.7. The zero-order valence-electron chi connectivity index (χ0n) is 14.4. The Morgan fingerprint density at radius 3 is 2.74 bits per heavy atom. The van der Waals surface area contributed by atoms with Crippen LogP contribution in [0.25, 0.3) is 21.7 Å². The molecule has 0 unspecified atom stereocenters. The van der Waals surface area contributed by atoms with Gasteiger partial charge in [0.2, 0.25) is 0 Å². The molecule has 0 aliphatic heterocycles. The van der Waals surface area contributed by atoms with Gasteiger partial charge in [0, 0.05) is 6.07 Å². The summed E-state index contributed by atoms with van der Waals surface area (Å²) in [4.78, 5) is 16.5. The highest BCUT2D eigenvalue weighted by Crippen LogP contribution is 2.20. The van der Waals surface area contributed by atoms with Crippen molar-refractivity contribution in [2.45, 2.75) is 12.6 Å². The Labute approximate surface area is 154 Å². The van der Waals surface area contributed by atoms with Gasteiger partial charge in [-0.2, -0.15) is 0 Å². The first-order valence-corrected chi connectivity index (χ1v) is 8.54. The molecule has 4 rings (SSSR count). The molecule has 0 saturated heterocycles. The Morgan fingerprint density at radius 2 is 1.89 bits per heavy atom. The van der Waals surface area contributed by atoms with Gasteiger partial charge in [0.15, 0.2) is 0 Å². The average Bonchev–Trinajstić information content (AvgIpc) is 2.68. The van der Waals surface area contributed by atoms with Gasteiger partial charge in [0.1, 0.15) is 24.3 Å². The van der Waals surface area contributed by atoms with E-state index in [1.807, 2.05) is 42.5 Å². The molecule has 136 valence electrons. The summed E-state index contributed by atoms with van der Waals surface area (Å²) < 4.78 is 20.2. The van der Waals surface area contributed by atoms with Gasteiger partial charge in [-0.1, -0.05) is 30.3 Å². The quantitative estimate of drug-likeness (QED) is 0.591. The maximum atomic E-state index is 13.2. The fourth-order valence-corrected chi connectivity index (χ4v) is 2.99. The van der Waals surface area contributed by atoms with Crippen molar-refractivity contribution in [2.75, 3.05) is 6.61 Å².